The number of methoxy groups -OCH3 is 2. The number of hydrogen-bond donors (Lipinski definition) is 1. The number of para-hydroxylation sites is 1. The van der Waals surface area contributed by atoms with Crippen LogP contribution in [0.4, 0.5) is 0 Å². The molecule has 0 fully saturated rings. The maximum absolute atomic E-state index is 12.8. The number of nitrogens with one attached hydrogen (secondary N) is 1. The molecule has 0 bridgehead atoms. The van der Waals surface area contributed by atoms with Crippen LogP contribution < -0.4 is 9.46 Å². The van der Waals surface area contributed by atoms with Gasteiger partial charge in [-0.25, -0.2) is 13.2 Å². The minimum Gasteiger partial charge on any atom is 0 e. The van der Waals surface area contributed by atoms with Crippen LogP contribution in [0.3, 0.4) is 0 Å². The molecule has 0 saturated carbocycles. The van der Waals surface area contributed by atoms with E-state index in [1.165, 1.54) is 26.4 Å². The summed E-state index contributed by atoms with van der Waals surface area (Å²) < 4.78 is 60.6. The van der Waals surface area contributed by atoms with E-state index in [2.05, 4.69) is 31.3 Å². The summed E-state index contributed by atoms with van der Waals surface area (Å²) >= 11 is 0. The number of carbonyl (C=O) groups is 1. The molecule has 1 N–H and O–H groups in total. The van der Waals surface area contributed by atoms with Crippen LogP contribution in [-0.4, -0.2) is 28.6 Å². The molecule has 0 aliphatic rings. The van der Waals surface area contributed by atoms with Crippen LogP contribution in [0, 0.1) is 26.9 Å². The van der Waals surface area contributed by atoms with Crippen molar-refractivity contribution < 1.29 is 54.0 Å². The zero-order valence-corrected chi connectivity index (χ0v) is 20.1. The van der Waals surface area contributed by atoms with E-state index in [0.717, 1.165) is 5.56 Å². The molecule has 0 aromatic heterocycles. The average molecular weight is 511 g/mol. The first-order valence-electron chi connectivity index (χ1n) is 8.40. The molecule has 9 nitrogen and oxygen atoms in total. The molecule has 0 spiro atoms. The first kappa shape index (κ1) is 34.7. The van der Waals surface area contributed by atoms with Gasteiger partial charge in [-0.15, -0.1) is 0 Å². The minimum atomic E-state index is -3.91. The van der Waals surface area contributed by atoms with E-state index in [4.69, 9.17) is 23.4 Å². The van der Waals surface area contributed by atoms with Gasteiger partial charge in [0, 0.05) is 22.9 Å². The molecular formula is C22H21CrNO8S. The Morgan fingerprint density at radius 2 is 1.45 bits per heavy atom. The van der Waals surface area contributed by atoms with Crippen molar-refractivity contribution in [3.05, 3.63) is 91.8 Å². The van der Waals surface area contributed by atoms with Gasteiger partial charge in [0.1, 0.15) is 5.75 Å². The van der Waals surface area contributed by atoms with Crippen LogP contribution in [0.5, 0.6) is 5.75 Å². The number of ether oxygens (including phenoxy) is 2. The van der Waals surface area contributed by atoms with E-state index in [9.17, 15) is 13.2 Å². The first-order valence-corrected chi connectivity index (χ1v) is 9.88. The predicted octanol–water partition coefficient (Wildman–Crippen LogP) is 2.64. The number of rotatable bonds is 7. The molecule has 0 heterocycles. The van der Waals surface area contributed by atoms with Crippen molar-refractivity contribution >= 4 is 16.0 Å². The number of aryl methyl sites for hydroxylation is 1. The summed E-state index contributed by atoms with van der Waals surface area (Å²) in [5.74, 6) is -0.290. The van der Waals surface area contributed by atoms with Crippen LogP contribution in [0.25, 0.3) is 0 Å². The fourth-order valence-corrected chi connectivity index (χ4v) is 3.63. The van der Waals surface area contributed by atoms with Crippen LogP contribution in [0.1, 0.15) is 17.2 Å². The second-order valence-electron chi connectivity index (χ2n) is 5.63. The summed E-state index contributed by atoms with van der Waals surface area (Å²) in [6.07, 6.45) is 0. The van der Waals surface area contributed by atoms with Gasteiger partial charge in [0.25, 0.3) is 0 Å². The van der Waals surface area contributed by atoms with E-state index in [1.54, 1.807) is 36.4 Å². The quantitative estimate of drug-likeness (QED) is 0.263. The second-order valence-corrected chi connectivity index (χ2v) is 7.34. The molecule has 0 saturated heterocycles. The molecule has 33 heavy (non-hydrogen) atoms. The Labute approximate surface area is 204 Å². The summed E-state index contributed by atoms with van der Waals surface area (Å²) in [5, 5.41) is 0. The Balaban J connectivity index is -0.00000119. The SMILES string of the molecule is C=C(C(=O)OC)[C@@H](NS(=O)(=O)c1ccc(C)cc1)c1ccccc1OC.[C-]#[O+].[C-]#[O+].[C-]#[O+].[Cr]. The molecule has 2 aromatic carbocycles. The van der Waals surface area contributed by atoms with Crippen molar-refractivity contribution in [3.8, 4) is 5.75 Å². The Hall–Kier alpha value is -2.89. The first-order chi connectivity index (χ1) is 15.3. The van der Waals surface area contributed by atoms with Gasteiger partial charge < -0.3 is 9.47 Å². The number of esters is 1. The third kappa shape index (κ3) is 10.5. The van der Waals surface area contributed by atoms with Crippen molar-refractivity contribution in [1.29, 1.82) is 0 Å². The molecule has 2 aromatic rings. The molecule has 0 unspecified atom stereocenters. The van der Waals surface area contributed by atoms with Crippen molar-refractivity contribution in [2.45, 2.75) is 17.9 Å². The smallest absolute Gasteiger partial charge is 0 e. The molecule has 0 aliphatic carbocycles. The van der Waals surface area contributed by atoms with Gasteiger partial charge in [0.05, 0.1) is 30.7 Å². The summed E-state index contributed by atoms with van der Waals surface area (Å²) in [6.45, 7) is 19.1. The number of benzene rings is 2. The van der Waals surface area contributed by atoms with Crippen molar-refractivity contribution in [3.63, 3.8) is 0 Å². The van der Waals surface area contributed by atoms with E-state index >= 15 is 0 Å². The van der Waals surface area contributed by atoms with Gasteiger partial charge in [-0.05, 0) is 25.1 Å². The van der Waals surface area contributed by atoms with Crippen LogP contribution in [0.2, 0.25) is 0 Å². The van der Waals surface area contributed by atoms with Gasteiger partial charge in [0.2, 0.25) is 10.0 Å². The molecular weight excluding hydrogens is 490 g/mol. The number of carbonyl (C=O) groups excluding carboxylic acids is 1. The summed E-state index contributed by atoms with van der Waals surface area (Å²) in [5.41, 5.74) is 1.35. The van der Waals surface area contributed by atoms with Gasteiger partial charge in [0.15, 0.2) is 0 Å². The number of hydrogen-bond acceptors (Lipinski definition) is 5. The standard InChI is InChI=1S/C19H21NO5S.3CO.Cr/c1-13-9-11-15(12-10-13)26(22,23)20-18(14(2)19(21)25-4)16-7-5-6-8-17(16)24-3;3*1-2;/h5-12,18,20H,2H2,1,3-4H3;;;;/t18-;;;;/m1..../s1. The fourth-order valence-electron chi connectivity index (χ4n) is 2.42. The second kappa shape index (κ2) is 18.7. The van der Waals surface area contributed by atoms with Gasteiger partial charge >= 0.3 is 39.9 Å². The van der Waals surface area contributed by atoms with Crippen molar-refractivity contribution in [2.24, 2.45) is 0 Å². The predicted molar refractivity (Wildman–Crippen MR) is 110 cm³/mol. The molecule has 11 heteroatoms. The molecule has 0 amide bonds. The zero-order valence-electron chi connectivity index (χ0n) is 18.0. The van der Waals surface area contributed by atoms with E-state index in [-0.39, 0.29) is 27.8 Å². The average Bonchev–Trinajstić information content (AvgIpc) is 2.85. The maximum Gasteiger partial charge on any atom is 0 e. The summed E-state index contributed by atoms with van der Waals surface area (Å²) in [6, 6.07) is 12.1. The largest absolute Gasteiger partial charge is 0 e. The topological polar surface area (TPSA) is 141 Å². The van der Waals surface area contributed by atoms with Crippen LogP contribution in [-0.2, 0) is 50.9 Å². The third-order valence-corrected chi connectivity index (χ3v) is 5.29. The van der Waals surface area contributed by atoms with E-state index in [0.29, 0.717) is 11.3 Å². The molecule has 0 aliphatic heterocycles. The van der Waals surface area contributed by atoms with Crippen molar-refractivity contribution in [2.75, 3.05) is 14.2 Å². The molecule has 174 valence electrons. The third-order valence-electron chi connectivity index (χ3n) is 3.85. The van der Waals surface area contributed by atoms with Crippen LogP contribution in [0.15, 0.2) is 65.6 Å². The monoisotopic (exact) mass is 511 g/mol. The van der Waals surface area contributed by atoms with Gasteiger partial charge in [-0.3, -0.25) is 0 Å². The van der Waals surface area contributed by atoms with Gasteiger partial charge in [-0.2, -0.15) is 4.72 Å². The molecule has 0 radical (unpaired) electrons. The Bertz CT molecular complexity index is 1030. The zero-order chi connectivity index (χ0) is 25.3. The minimum absolute atomic E-state index is 0. The summed E-state index contributed by atoms with van der Waals surface area (Å²) in [7, 11) is -1.24. The van der Waals surface area contributed by atoms with Crippen molar-refractivity contribution in [1.82, 2.24) is 4.72 Å². The maximum atomic E-state index is 12.8. The molecule has 1 atom stereocenters. The van der Waals surface area contributed by atoms with Crippen LogP contribution >= 0.6 is 0 Å². The Morgan fingerprint density at radius 1 is 0.970 bits per heavy atom. The number of sulfonamides is 1. The van der Waals surface area contributed by atoms with E-state index in [1.807, 2.05) is 6.92 Å². The molecule has 2 rings (SSSR count). The van der Waals surface area contributed by atoms with Gasteiger partial charge in [-0.1, -0.05) is 42.5 Å². The normalized spacial score (nSPS) is 9.85. The van der Waals surface area contributed by atoms with E-state index < -0.39 is 22.0 Å². The Morgan fingerprint density at radius 3 is 1.91 bits per heavy atom. The fraction of sp³-hybridized carbons (Fsp3) is 0.182. The Kier molecular flexibility index (Phi) is 19.6. The summed E-state index contributed by atoms with van der Waals surface area (Å²) in [4.78, 5) is 12.1.